The minimum absolute atomic E-state index is 0.0132. The lowest BCUT2D eigenvalue weighted by Crippen LogP contribution is -2.23. The van der Waals surface area contributed by atoms with Gasteiger partial charge in [0, 0.05) is 23.2 Å². The molecule has 0 bridgehead atoms. The van der Waals surface area contributed by atoms with Crippen molar-refractivity contribution in [3.05, 3.63) is 62.5 Å². The summed E-state index contributed by atoms with van der Waals surface area (Å²) in [6.07, 6.45) is 4.01. The van der Waals surface area contributed by atoms with Gasteiger partial charge in [-0.3, -0.25) is 9.20 Å². The van der Waals surface area contributed by atoms with E-state index in [1.807, 2.05) is 0 Å². The summed E-state index contributed by atoms with van der Waals surface area (Å²) in [6, 6.07) is 7.01. The van der Waals surface area contributed by atoms with Gasteiger partial charge in [-0.05, 0) is 43.9 Å². The molecule has 0 aliphatic heterocycles. The van der Waals surface area contributed by atoms with Crippen molar-refractivity contribution in [1.82, 2.24) is 14.1 Å². The normalized spacial score (nSPS) is 13.9. The van der Waals surface area contributed by atoms with Crippen LogP contribution in [0.4, 0.5) is 0 Å². The van der Waals surface area contributed by atoms with Crippen molar-refractivity contribution in [2.75, 3.05) is 6.54 Å². The van der Waals surface area contributed by atoms with Crippen LogP contribution in [-0.4, -0.2) is 30.3 Å². The summed E-state index contributed by atoms with van der Waals surface area (Å²) in [5, 5.41) is 0. The van der Waals surface area contributed by atoms with E-state index in [4.69, 9.17) is 4.74 Å². The number of hydrogen-bond donors (Lipinski definition) is 1. The van der Waals surface area contributed by atoms with Crippen LogP contribution in [0.3, 0.4) is 0 Å². The molecule has 0 radical (unpaired) electrons. The Morgan fingerprint density at radius 3 is 2.87 bits per heavy atom. The van der Waals surface area contributed by atoms with E-state index in [1.54, 1.807) is 11.3 Å². The van der Waals surface area contributed by atoms with Crippen LogP contribution in [0.25, 0.3) is 4.96 Å². The maximum Gasteiger partial charge on any atom is 0.338 e. The molecule has 1 aromatic carbocycles. The Morgan fingerprint density at radius 1 is 1.27 bits per heavy atom. The van der Waals surface area contributed by atoms with Gasteiger partial charge >= 0.3 is 5.97 Å². The number of nitrogens with one attached hydrogen (secondary N) is 1. The molecule has 30 heavy (non-hydrogen) atoms. The molecule has 1 aliphatic carbocycles. The molecule has 1 aliphatic rings. The Kier molecular flexibility index (Phi) is 5.72. The molecule has 2 aromatic heterocycles. The van der Waals surface area contributed by atoms with Crippen LogP contribution in [-0.2, 0) is 34.2 Å². The molecule has 0 unspecified atom stereocenters. The Labute approximate surface area is 177 Å². The molecule has 10 heteroatoms. The number of carbonyl (C=O) groups is 1. The molecular formula is C20H21N3O5S2. The van der Waals surface area contributed by atoms with E-state index in [0.29, 0.717) is 10.7 Å². The Hall–Kier alpha value is -2.56. The highest BCUT2D eigenvalue weighted by atomic mass is 32.2. The van der Waals surface area contributed by atoms with Crippen molar-refractivity contribution in [2.24, 2.45) is 0 Å². The molecule has 0 saturated carbocycles. The van der Waals surface area contributed by atoms with E-state index in [0.717, 1.165) is 31.4 Å². The lowest BCUT2D eigenvalue weighted by Gasteiger charge is -2.10. The topological polar surface area (TPSA) is 107 Å². The Balaban J connectivity index is 1.53. The van der Waals surface area contributed by atoms with Gasteiger partial charge in [0.05, 0.1) is 16.2 Å². The smallest absolute Gasteiger partial charge is 0.338 e. The number of hydrogen-bond acceptors (Lipinski definition) is 7. The number of aryl methyl sites for hydroxylation is 2. The molecule has 8 nitrogen and oxygen atoms in total. The zero-order chi connectivity index (χ0) is 21.3. The highest BCUT2D eigenvalue weighted by Gasteiger charge is 2.19. The standard InChI is InChI=1S/C20H21N3O5S2/c1-2-21-30(26,27)15-7-5-6-13(10-15)19(25)28-12-14-11-18(24)23-16-8-3-4-9-17(16)29-20(23)22-14/h5-7,10-11,21H,2-4,8-9,12H2,1H3. The fourth-order valence-electron chi connectivity index (χ4n) is 3.50. The second-order valence-corrected chi connectivity index (χ2v) is 9.82. The predicted molar refractivity (Wildman–Crippen MR) is 112 cm³/mol. The van der Waals surface area contributed by atoms with Gasteiger partial charge in [-0.25, -0.2) is 22.9 Å². The van der Waals surface area contributed by atoms with Gasteiger partial charge in [0.15, 0.2) is 4.96 Å². The van der Waals surface area contributed by atoms with Crippen LogP contribution in [0.5, 0.6) is 0 Å². The average molecular weight is 448 g/mol. The minimum atomic E-state index is -3.68. The highest BCUT2D eigenvalue weighted by molar-refractivity contribution is 7.89. The number of esters is 1. The van der Waals surface area contributed by atoms with Gasteiger partial charge in [-0.2, -0.15) is 0 Å². The number of carbonyl (C=O) groups excluding carboxylic acids is 1. The monoisotopic (exact) mass is 447 g/mol. The second-order valence-electron chi connectivity index (χ2n) is 6.99. The van der Waals surface area contributed by atoms with Crippen molar-refractivity contribution >= 4 is 32.3 Å². The molecule has 2 heterocycles. The van der Waals surface area contributed by atoms with Crippen LogP contribution >= 0.6 is 11.3 Å². The second kappa shape index (κ2) is 8.29. The lowest BCUT2D eigenvalue weighted by molar-refractivity contribution is 0.0467. The van der Waals surface area contributed by atoms with Crippen molar-refractivity contribution < 1.29 is 17.9 Å². The van der Waals surface area contributed by atoms with E-state index < -0.39 is 16.0 Å². The van der Waals surface area contributed by atoms with Crippen LogP contribution in [0, 0.1) is 0 Å². The van der Waals surface area contributed by atoms with Gasteiger partial charge in [0.25, 0.3) is 5.56 Å². The van der Waals surface area contributed by atoms with Crippen LogP contribution in [0.1, 0.15) is 46.4 Å². The first-order chi connectivity index (χ1) is 14.4. The maximum absolute atomic E-state index is 12.6. The third-order valence-corrected chi connectivity index (χ3v) is 7.57. The van der Waals surface area contributed by atoms with E-state index in [-0.39, 0.29) is 29.2 Å². The fraction of sp³-hybridized carbons (Fsp3) is 0.350. The van der Waals surface area contributed by atoms with E-state index in [1.165, 1.54) is 46.5 Å². The number of rotatable bonds is 6. The van der Waals surface area contributed by atoms with Gasteiger partial charge in [0.2, 0.25) is 10.0 Å². The summed E-state index contributed by atoms with van der Waals surface area (Å²) in [6.45, 7) is 1.75. The number of fused-ring (bicyclic) bond motifs is 3. The molecule has 0 amide bonds. The van der Waals surface area contributed by atoms with Crippen molar-refractivity contribution in [1.29, 1.82) is 0 Å². The third-order valence-electron chi connectivity index (χ3n) is 4.88. The zero-order valence-electron chi connectivity index (χ0n) is 16.4. The zero-order valence-corrected chi connectivity index (χ0v) is 18.0. The number of benzene rings is 1. The first kappa shape index (κ1) is 20.7. The summed E-state index contributed by atoms with van der Waals surface area (Å²) in [5.74, 6) is -0.684. The molecule has 4 rings (SSSR count). The van der Waals surface area contributed by atoms with Crippen molar-refractivity contribution in [2.45, 2.75) is 44.1 Å². The SMILES string of the molecule is CCNS(=O)(=O)c1cccc(C(=O)OCc2cc(=O)n3c4c(sc3n2)CCCC4)c1. The number of aromatic nitrogens is 2. The molecule has 0 fully saturated rings. The van der Waals surface area contributed by atoms with Gasteiger partial charge in [0.1, 0.15) is 6.61 Å². The molecular weight excluding hydrogens is 426 g/mol. The number of sulfonamides is 1. The Bertz CT molecular complexity index is 1280. The number of thiazole rings is 1. The first-order valence-corrected chi connectivity index (χ1v) is 12.0. The quantitative estimate of drug-likeness (QED) is 0.581. The third kappa shape index (κ3) is 4.03. The van der Waals surface area contributed by atoms with Gasteiger partial charge in [-0.15, -0.1) is 11.3 Å². The van der Waals surface area contributed by atoms with Crippen molar-refractivity contribution in [3.8, 4) is 0 Å². The summed E-state index contributed by atoms with van der Waals surface area (Å²) < 4.78 is 33.6. The molecule has 0 saturated heterocycles. The van der Waals surface area contributed by atoms with Crippen LogP contribution in [0.2, 0.25) is 0 Å². The van der Waals surface area contributed by atoms with Crippen molar-refractivity contribution in [3.63, 3.8) is 0 Å². The van der Waals surface area contributed by atoms with Gasteiger partial charge < -0.3 is 4.74 Å². The van der Waals surface area contributed by atoms with E-state index in [2.05, 4.69) is 9.71 Å². The molecule has 3 aromatic rings. The predicted octanol–water partition coefficient (Wildman–Crippen LogP) is 2.29. The molecule has 0 spiro atoms. The number of ether oxygens (including phenoxy) is 1. The summed E-state index contributed by atoms with van der Waals surface area (Å²) in [4.78, 5) is 31.3. The van der Waals surface area contributed by atoms with Crippen LogP contribution < -0.4 is 10.3 Å². The van der Waals surface area contributed by atoms with E-state index in [9.17, 15) is 18.0 Å². The first-order valence-electron chi connectivity index (χ1n) is 9.69. The van der Waals surface area contributed by atoms with E-state index >= 15 is 0 Å². The Morgan fingerprint density at radius 2 is 2.07 bits per heavy atom. The minimum Gasteiger partial charge on any atom is -0.456 e. The van der Waals surface area contributed by atoms with Gasteiger partial charge in [-0.1, -0.05) is 13.0 Å². The number of nitrogens with zero attached hydrogens (tertiary/aromatic N) is 2. The molecule has 158 valence electrons. The van der Waals surface area contributed by atoms with Crippen LogP contribution in [0.15, 0.2) is 40.0 Å². The highest BCUT2D eigenvalue weighted by Crippen LogP contribution is 2.28. The fourth-order valence-corrected chi connectivity index (χ4v) is 5.82. The summed E-state index contributed by atoms with van der Waals surface area (Å²) in [5.41, 5.74) is 1.34. The summed E-state index contributed by atoms with van der Waals surface area (Å²) >= 11 is 1.51. The molecule has 1 N–H and O–H groups in total. The average Bonchev–Trinajstić information content (AvgIpc) is 3.11. The lowest BCUT2D eigenvalue weighted by atomic mass is 10.0. The largest absolute Gasteiger partial charge is 0.456 e. The summed E-state index contributed by atoms with van der Waals surface area (Å²) in [7, 11) is -3.68. The maximum atomic E-state index is 12.6. The molecule has 0 atom stereocenters.